The molecule has 1 fully saturated rings. The van der Waals surface area contributed by atoms with Crippen LogP contribution < -0.4 is 10.6 Å². The van der Waals surface area contributed by atoms with Gasteiger partial charge in [-0.3, -0.25) is 24.2 Å². The first-order chi connectivity index (χ1) is 16.4. The molecular formula is C24H26N8O2. The van der Waals surface area contributed by atoms with Crippen LogP contribution in [0, 0.1) is 0 Å². The lowest BCUT2D eigenvalue weighted by molar-refractivity contribution is -0.117. The molecule has 5 rings (SSSR count). The van der Waals surface area contributed by atoms with Crippen molar-refractivity contribution in [1.82, 2.24) is 29.6 Å². The minimum Gasteiger partial charge on any atom is -0.339 e. The Morgan fingerprint density at radius 1 is 1.12 bits per heavy atom. The van der Waals surface area contributed by atoms with E-state index in [1.54, 1.807) is 35.4 Å². The maximum atomic E-state index is 12.8. The number of fused-ring (bicyclic) bond motifs is 1. The lowest BCUT2D eigenvalue weighted by Gasteiger charge is -2.20. The molecule has 0 unspecified atom stereocenters. The number of hydrogen-bond donors (Lipinski definition) is 3. The SMILES string of the molecule is C[C@H]1CCCN1CC(=O)Nc1cncc(NC(=O)c2cnc3[nH]c(-c4cnn(C)c4)cc3c2)c1. The van der Waals surface area contributed by atoms with Gasteiger partial charge in [-0.15, -0.1) is 0 Å². The molecule has 3 N–H and O–H groups in total. The predicted molar refractivity (Wildman–Crippen MR) is 129 cm³/mol. The summed E-state index contributed by atoms with van der Waals surface area (Å²) < 4.78 is 1.73. The quantitative estimate of drug-likeness (QED) is 0.408. The molecule has 1 aliphatic heterocycles. The van der Waals surface area contributed by atoms with Gasteiger partial charge < -0.3 is 15.6 Å². The van der Waals surface area contributed by atoms with Crippen LogP contribution in [-0.4, -0.2) is 60.6 Å². The Kier molecular flexibility index (Phi) is 5.81. The zero-order valence-corrected chi connectivity index (χ0v) is 19.1. The van der Waals surface area contributed by atoms with E-state index in [-0.39, 0.29) is 11.8 Å². The third kappa shape index (κ3) is 4.67. The Morgan fingerprint density at radius 2 is 1.94 bits per heavy atom. The van der Waals surface area contributed by atoms with E-state index in [0.717, 1.165) is 36.0 Å². The number of carbonyl (C=O) groups is 2. The van der Waals surface area contributed by atoms with Crippen LogP contribution in [0.3, 0.4) is 0 Å². The summed E-state index contributed by atoms with van der Waals surface area (Å²) in [5.41, 5.74) is 3.95. The summed E-state index contributed by atoms with van der Waals surface area (Å²) in [5, 5.41) is 10.7. The van der Waals surface area contributed by atoms with Gasteiger partial charge in [0, 0.05) is 36.4 Å². The number of rotatable bonds is 6. The average Bonchev–Trinajstić information content (AvgIpc) is 3.53. The van der Waals surface area contributed by atoms with E-state index in [0.29, 0.717) is 35.2 Å². The van der Waals surface area contributed by atoms with Crippen LogP contribution in [0.4, 0.5) is 11.4 Å². The molecule has 0 bridgehead atoms. The fraction of sp³-hybridized carbons (Fsp3) is 0.292. The Labute approximate surface area is 196 Å². The van der Waals surface area contributed by atoms with Crippen molar-refractivity contribution in [2.24, 2.45) is 7.05 Å². The third-order valence-electron chi connectivity index (χ3n) is 6.07. The third-order valence-corrected chi connectivity index (χ3v) is 6.07. The van der Waals surface area contributed by atoms with Crippen molar-refractivity contribution in [2.45, 2.75) is 25.8 Å². The van der Waals surface area contributed by atoms with E-state index in [1.165, 1.54) is 6.20 Å². The number of likely N-dealkylation sites (tertiary alicyclic amines) is 1. The van der Waals surface area contributed by atoms with Crippen LogP contribution in [0.15, 0.2) is 49.2 Å². The van der Waals surface area contributed by atoms with Gasteiger partial charge in [-0.25, -0.2) is 4.98 Å². The van der Waals surface area contributed by atoms with Crippen LogP contribution in [0.5, 0.6) is 0 Å². The topological polar surface area (TPSA) is 121 Å². The zero-order valence-electron chi connectivity index (χ0n) is 19.1. The smallest absolute Gasteiger partial charge is 0.257 e. The Balaban J connectivity index is 1.26. The minimum atomic E-state index is -0.310. The molecule has 5 heterocycles. The first-order valence-corrected chi connectivity index (χ1v) is 11.2. The minimum absolute atomic E-state index is 0.0921. The monoisotopic (exact) mass is 458 g/mol. The largest absolute Gasteiger partial charge is 0.339 e. The molecule has 4 aromatic rings. The number of nitrogens with zero attached hydrogens (tertiary/aromatic N) is 5. The summed E-state index contributed by atoms with van der Waals surface area (Å²) in [6.45, 7) is 3.42. The molecule has 0 spiro atoms. The highest BCUT2D eigenvalue weighted by atomic mass is 16.2. The van der Waals surface area contributed by atoms with Crippen molar-refractivity contribution in [3.63, 3.8) is 0 Å². The zero-order chi connectivity index (χ0) is 23.7. The molecule has 1 aliphatic rings. The second kappa shape index (κ2) is 9.06. The van der Waals surface area contributed by atoms with Gasteiger partial charge in [-0.1, -0.05) is 0 Å². The van der Waals surface area contributed by atoms with Crippen LogP contribution in [0.25, 0.3) is 22.3 Å². The second-order valence-corrected chi connectivity index (χ2v) is 8.67. The van der Waals surface area contributed by atoms with Crippen molar-refractivity contribution in [2.75, 3.05) is 23.7 Å². The number of aromatic amines is 1. The number of nitrogens with one attached hydrogen (secondary N) is 3. The number of amides is 2. The molecule has 174 valence electrons. The molecule has 0 saturated carbocycles. The summed E-state index contributed by atoms with van der Waals surface area (Å²) in [7, 11) is 1.86. The highest BCUT2D eigenvalue weighted by Gasteiger charge is 2.22. The predicted octanol–water partition coefficient (Wildman–Crippen LogP) is 3.03. The highest BCUT2D eigenvalue weighted by Crippen LogP contribution is 2.24. The van der Waals surface area contributed by atoms with Gasteiger partial charge in [0.2, 0.25) is 5.91 Å². The Hall–Kier alpha value is -4.05. The maximum absolute atomic E-state index is 12.8. The van der Waals surface area contributed by atoms with Crippen molar-refractivity contribution in [1.29, 1.82) is 0 Å². The summed E-state index contributed by atoms with van der Waals surface area (Å²) in [5.74, 6) is -0.403. The number of anilines is 2. The molecule has 10 nitrogen and oxygen atoms in total. The fourth-order valence-electron chi connectivity index (χ4n) is 4.25. The van der Waals surface area contributed by atoms with Crippen molar-refractivity contribution in [3.8, 4) is 11.3 Å². The van der Waals surface area contributed by atoms with E-state index in [1.807, 2.05) is 19.3 Å². The van der Waals surface area contributed by atoms with Gasteiger partial charge in [0.25, 0.3) is 5.91 Å². The first kappa shape index (κ1) is 21.8. The molecule has 1 atom stereocenters. The molecule has 0 aliphatic carbocycles. The average molecular weight is 459 g/mol. The lowest BCUT2D eigenvalue weighted by atomic mass is 10.2. The number of pyridine rings is 2. The normalized spacial score (nSPS) is 16.1. The van der Waals surface area contributed by atoms with Gasteiger partial charge >= 0.3 is 0 Å². The maximum Gasteiger partial charge on any atom is 0.257 e. The first-order valence-electron chi connectivity index (χ1n) is 11.2. The molecule has 10 heteroatoms. The van der Waals surface area contributed by atoms with Crippen LogP contribution >= 0.6 is 0 Å². The van der Waals surface area contributed by atoms with Gasteiger partial charge in [0.15, 0.2) is 0 Å². The van der Waals surface area contributed by atoms with Crippen LogP contribution in [0.2, 0.25) is 0 Å². The number of H-pyrrole nitrogens is 1. The van der Waals surface area contributed by atoms with Crippen LogP contribution in [-0.2, 0) is 11.8 Å². The highest BCUT2D eigenvalue weighted by molar-refractivity contribution is 6.06. The van der Waals surface area contributed by atoms with E-state index < -0.39 is 0 Å². The van der Waals surface area contributed by atoms with E-state index in [2.05, 4.69) is 42.5 Å². The molecule has 2 amide bonds. The second-order valence-electron chi connectivity index (χ2n) is 8.67. The summed E-state index contributed by atoms with van der Waals surface area (Å²) in [6, 6.07) is 5.83. The van der Waals surface area contributed by atoms with Crippen molar-refractivity contribution in [3.05, 3.63) is 54.7 Å². The number of carbonyl (C=O) groups excluding carboxylic acids is 2. The van der Waals surface area contributed by atoms with Crippen molar-refractivity contribution >= 4 is 34.2 Å². The molecule has 34 heavy (non-hydrogen) atoms. The fourth-order valence-corrected chi connectivity index (χ4v) is 4.25. The molecule has 0 radical (unpaired) electrons. The summed E-state index contributed by atoms with van der Waals surface area (Å²) in [4.78, 5) is 39.2. The molecular weight excluding hydrogens is 432 g/mol. The van der Waals surface area contributed by atoms with Gasteiger partial charge in [0.05, 0.1) is 47.8 Å². The Bertz CT molecular complexity index is 1360. The van der Waals surface area contributed by atoms with Gasteiger partial charge in [-0.05, 0) is 44.5 Å². The number of aromatic nitrogens is 5. The van der Waals surface area contributed by atoms with Gasteiger partial charge in [-0.2, -0.15) is 5.10 Å². The number of aryl methyl sites for hydroxylation is 1. The summed E-state index contributed by atoms with van der Waals surface area (Å²) >= 11 is 0. The summed E-state index contributed by atoms with van der Waals surface area (Å²) in [6.07, 6.45) is 10.5. The van der Waals surface area contributed by atoms with E-state index in [4.69, 9.17) is 0 Å². The van der Waals surface area contributed by atoms with Crippen LogP contribution in [0.1, 0.15) is 30.1 Å². The standard InChI is InChI=1S/C24H26N8O2/c1-15-4-3-5-32(15)14-22(33)28-19-8-20(12-25-11-19)29-24(34)17-6-16-7-21(30-23(16)26-9-17)18-10-27-31(2)13-18/h6-13,15H,3-5,14H2,1-2H3,(H,26,30)(H,28,33)(H,29,34)/t15-/m0/s1. The van der Waals surface area contributed by atoms with Gasteiger partial charge in [0.1, 0.15) is 5.65 Å². The Morgan fingerprint density at radius 3 is 2.68 bits per heavy atom. The molecule has 0 aromatic carbocycles. The molecule has 1 saturated heterocycles. The number of hydrogen-bond acceptors (Lipinski definition) is 6. The van der Waals surface area contributed by atoms with E-state index >= 15 is 0 Å². The molecule has 4 aromatic heterocycles. The van der Waals surface area contributed by atoms with Crippen molar-refractivity contribution < 1.29 is 9.59 Å². The lowest BCUT2D eigenvalue weighted by Crippen LogP contribution is -2.35. The van der Waals surface area contributed by atoms with E-state index in [9.17, 15) is 9.59 Å².